The van der Waals surface area contributed by atoms with E-state index >= 15 is 0 Å². The van der Waals surface area contributed by atoms with Gasteiger partial charge in [-0.1, -0.05) is 37.6 Å². The fraction of sp³-hybridized carbons (Fsp3) is 0.286. The number of para-hydroxylation sites is 1. The van der Waals surface area contributed by atoms with Gasteiger partial charge < -0.3 is 20.5 Å². The minimum absolute atomic E-state index is 0.0284. The van der Waals surface area contributed by atoms with Crippen molar-refractivity contribution in [3.63, 3.8) is 0 Å². The van der Waals surface area contributed by atoms with Gasteiger partial charge in [0.2, 0.25) is 11.9 Å². The number of benzene rings is 2. The van der Waals surface area contributed by atoms with Crippen molar-refractivity contribution in [3.05, 3.63) is 77.6 Å². The van der Waals surface area contributed by atoms with E-state index in [0.717, 1.165) is 59.5 Å². The molecular formula is C28H29N7O. The van der Waals surface area contributed by atoms with Gasteiger partial charge in [-0.3, -0.25) is 4.79 Å². The average molecular weight is 480 g/mol. The van der Waals surface area contributed by atoms with Crippen molar-refractivity contribution < 1.29 is 4.79 Å². The van der Waals surface area contributed by atoms with Crippen LogP contribution in [0.1, 0.15) is 36.6 Å². The summed E-state index contributed by atoms with van der Waals surface area (Å²) in [6.07, 6.45) is 4.96. The van der Waals surface area contributed by atoms with Gasteiger partial charge in [-0.05, 0) is 42.7 Å². The van der Waals surface area contributed by atoms with Crippen LogP contribution in [-0.4, -0.2) is 40.0 Å². The van der Waals surface area contributed by atoms with Gasteiger partial charge in [0.05, 0.1) is 18.1 Å². The van der Waals surface area contributed by atoms with E-state index in [9.17, 15) is 10.1 Å². The van der Waals surface area contributed by atoms with E-state index < -0.39 is 0 Å². The van der Waals surface area contributed by atoms with Crippen molar-refractivity contribution in [1.82, 2.24) is 20.3 Å². The SMILES string of the molecule is CCCc1cc(N2CCC(NC(=O)Cc3c[nH]c4ccccc34)C2)nc(Nc2cccc(C#N)c2)n1. The van der Waals surface area contributed by atoms with Crippen molar-refractivity contribution in [1.29, 1.82) is 5.26 Å². The quantitative estimate of drug-likeness (QED) is 0.344. The zero-order valence-electron chi connectivity index (χ0n) is 20.3. The predicted molar refractivity (Wildman–Crippen MR) is 141 cm³/mol. The minimum atomic E-state index is 0.0284. The summed E-state index contributed by atoms with van der Waals surface area (Å²) in [6.45, 7) is 3.63. The molecule has 36 heavy (non-hydrogen) atoms. The molecule has 5 rings (SSSR count). The number of aromatic amines is 1. The first kappa shape index (κ1) is 23.4. The topological polar surface area (TPSA) is 110 Å². The Morgan fingerprint density at radius 2 is 2.08 bits per heavy atom. The van der Waals surface area contributed by atoms with E-state index in [1.165, 1.54) is 0 Å². The second-order valence-electron chi connectivity index (χ2n) is 9.14. The van der Waals surface area contributed by atoms with Crippen LogP contribution >= 0.6 is 0 Å². The molecule has 1 fully saturated rings. The highest BCUT2D eigenvalue weighted by Crippen LogP contribution is 2.24. The Morgan fingerprint density at radius 1 is 1.19 bits per heavy atom. The highest BCUT2D eigenvalue weighted by molar-refractivity contribution is 5.89. The first-order valence-electron chi connectivity index (χ1n) is 12.4. The zero-order chi connectivity index (χ0) is 24.9. The van der Waals surface area contributed by atoms with Crippen molar-refractivity contribution in [3.8, 4) is 6.07 Å². The molecule has 8 heteroatoms. The van der Waals surface area contributed by atoms with Gasteiger partial charge in [-0.15, -0.1) is 0 Å². The lowest BCUT2D eigenvalue weighted by molar-refractivity contribution is -0.121. The largest absolute Gasteiger partial charge is 0.361 e. The lowest BCUT2D eigenvalue weighted by Gasteiger charge is -2.20. The Bertz CT molecular complexity index is 1420. The summed E-state index contributed by atoms with van der Waals surface area (Å²) < 4.78 is 0. The second kappa shape index (κ2) is 10.5. The molecule has 3 heterocycles. The number of hydrogen-bond acceptors (Lipinski definition) is 6. The summed E-state index contributed by atoms with van der Waals surface area (Å²) in [5, 5.41) is 16.7. The molecule has 1 unspecified atom stereocenters. The van der Waals surface area contributed by atoms with Crippen LogP contribution in [0.15, 0.2) is 60.8 Å². The number of hydrogen-bond donors (Lipinski definition) is 3. The Balaban J connectivity index is 1.26. The van der Waals surface area contributed by atoms with E-state index in [1.807, 2.05) is 48.7 Å². The number of rotatable bonds is 8. The molecule has 1 atom stereocenters. The number of H-pyrrole nitrogens is 1. The molecule has 1 saturated heterocycles. The Labute approximate surface area is 210 Å². The van der Waals surface area contributed by atoms with E-state index in [4.69, 9.17) is 4.98 Å². The van der Waals surface area contributed by atoms with Crippen LogP contribution < -0.4 is 15.5 Å². The van der Waals surface area contributed by atoms with Crippen molar-refractivity contribution in [2.45, 2.75) is 38.6 Å². The summed E-state index contributed by atoms with van der Waals surface area (Å²) in [7, 11) is 0. The van der Waals surface area contributed by atoms with Crippen LogP contribution in [0.3, 0.4) is 0 Å². The minimum Gasteiger partial charge on any atom is -0.361 e. The summed E-state index contributed by atoms with van der Waals surface area (Å²) in [4.78, 5) is 27.7. The smallest absolute Gasteiger partial charge is 0.229 e. The molecule has 1 aliphatic heterocycles. The number of fused-ring (bicyclic) bond motifs is 1. The van der Waals surface area contributed by atoms with Crippen molar-refractivity contribution >= 4 is 34.3 Å². The standard InChI is InChI=1S/C28H29N7O/c1-2-6-21-15-26(34-28(32-21)33-22-8-5-7-19(13-22)16-29)35-12-11-23(18-35)31-27(36)14-20-17-30-25-10-4-3-9-24(20)25/h3-5,7-10,13,15,17,23,30H,2,6,11-12,14,18H2,1H3,(H,31,36)(H,32,33,34). The molecule has 3 N–H and O–H groups in total. The fourth-order valence-corrected chi connectivity index (χ4v) is 4.70. The summed E-state index contributed by atoms with van der Waals surface area (Å²) in [5.74, 6) is 1.39. The van der Waals surface area contributed by atoms with Crippen LogP contribution in [0.2, 0.25) is 0 Å². The maximum absolute atomic E-state index is 12.8. The first-order valence-corrected chi connectivity index (χ1v) is 12.4. The summed E-state index contributed by atoms with van der Waals surface area (Å²) in [5.41, 5.74) is 4.37. The fourth-order valence-electron chi connectivity index (χ4n) is 4.70. The van der Waals surface area contributed by atoms with Crippen molar-refractivity contribution in [2.24, 2.45) is 0 Å². The molecule has 0 spiro atoms. The second-order valence-corrected chi connectivity index (χ2v) is 9.14. The normalized spacial score (nSPS) is 15.1. The van der Waals surface area contributed by atoms with Crippen LogP contribution in [0.4, 0.5) is 17.5 Å². The molecule has 2 aromatic heterocycles. The molecule has 0 radical (unpaired) electrons. The Hall–Kier alpha value is -4.38. The Kier molecular flexibility index (Phi) is 6.80. The van der Waals surface area contributed by atoms with E-state index in [2.05, 4.69) is 38.5 Å². The molecule has 0 bridgehead atoms. The zero-order valence-corrected chi connectivity index (χ0v) is 20.3. The molecule has 2 aromatic carbocycles. The van der Waals surface area contributed by atoms with Gasteiger partial charge in [-0.2, -0.15) is 10.2 Å². The molecule has 4 aromatic rings. The number of carbonyl (C=O) groups excluding carboxylic acids is 1. The molecule has 0 aliphatic carbocycles. The van der Waals surface area contributed by atoms with Crippen LogP contribution in [0.5, 0.6) is 0 Å². The van der Waals surface area contributed by atoms with E-state index in [1.54, 1.807) is 12.1 Å². The molecule has 182 valence electrons. The Morgan fingerprint density at radius 3 is 2.94 bits per heavy atom. The van der Waals surface area contributed by atoms with Crippen LogP contribution in [0, 0.1) is 11.3 Å². The number of nitriles is 1. The monoisotopic (exact) mass is 479 g/mol. The number of aromatic nitrogens is 3. The maximum atomic E-state index is 12.8. The molecule has 8 nitrogen and oxygen atoms in total. The van der Waals surface area contributed by atoms with Gasteiger partial charge in [0.1, 0.15) is 5.82 Å². The number of anilines is 3. The number of nitrogens with zero attached hydrogens (tertiary/aromatic N) is 4. The number of aryl methyl sites for hydroxylation is 1. The molecule has 1 aliphatic rings. The predicted octanol–water partition coefficient (Wildman–Crippen LogP) is 4.46. The molecule has 1 amide bonds. The number of nitrogens with one attached hydrogen (secondary N) is 3. The van der Waals surface area contributed by atoms with Gasteiger partial charge in [-0.25, -0.2) is 4.98 Å². The van der Waals surface area contributed by atoms with Gasteiger partial charge in [0.15, 0.2) is 0 Å². The van der Waals surface area contributed by atoms with Gasteiger partial charge in [0, 0.05) is 53.7 Å². The summed E-state index contributed by atoms with van der Waals surface area (Å²) in [6, 6.07) is 19.6. The lowest BCUT2D eigenvalue weighted by Crippen LogP contribution is -2.38. The maximum Gasteiger partial charge on any atom is 0.229 e. The third-order valence-electron chi connectivity index (χ3n) is 6.42. The summed E-state index contributed by atoms with van der Waals surface area (Å²) >= 11 is 0. The highest BCUT2D eigenvalue weighted by Gasteiger charge is 2.26. The molecule has 0 saturated carbocycles. The van der Waals surface area contributed by atoms with E-state index in [0.29, 0.717) is 24.5 Å². The van der Waals surface area contributed by atoms with Crippen LogP contribution in [0.25, 0.3) is 10.9 Å². The third-order valence-corrected chi connectivity index (χ3v) is 6.42. The van der Waals surface area contributed by atoms with E-state index in [-0.39, 0.29) is 11.9 Å². The molecular weight excluding hydrogens is 450 g/mol. The van der Waals surface area contributed by atoms with Gasteiger partial charge >= 0.3 is 0 Å². The van der Waals surface area contributed by atoms with Gasteiger partial charge in [0.25, 0.3) is 0 Å². The highest BCUT2D eigenvalue weighted by atomic mass is 16.1. The van der Waals surface area contributed by atoms with Crippen LogP contribution in [-0.2, 0) is 17.6 Å². The first-order chi connectivity index (χ1) is 17.6. The lowest BCUT2D eigenvalue weighted by atomic mass is 10.1. The third kappa shape index (κ3) is 5.31. The number of carbonyl (C=O) groups is 1. The van der Waals surface area contributed by atoms with Crippen molar-refractivity contribution in [2.75, 3.05) is 23.3 Å². The number of amides is 1. The average Bonchev–Trinajstić information content (AvgIpc) is 3.52.